The first kappa shape index (κ1) is 20.6. The number of hydrogen-bond acceptors (Lipinski definition) is 6. The summed E-state index contributed by atoms with van der Waals surface area (Å²) in [6.07, 6.45) is 3.04. The van der Waals surface area contributed by atoms with E-state index in [0.29, 0.717) is 31.9 Å². The monoisotopic (exact) mass is 453 g/mol. The summed E-state index contributed by atoms with van der Waals surface area (Å²) in [5.41, 5.74) is 1.98. The first-order valence-corrected chi connectivity index (χ1v) is 10.2. The van der Waals surface area contributed by atoms with Crippen molar-refractivity contribution in [1.29, 1.82) is 0 Å². The molecule has 31 heavy (non-hydrogen) atoms. The molecule has 0 fully saturated rings. The third kappa shape index (κ3) is 4.73. The second-order valence-electron chi connectivity index (χ2n) is 6.31. The SMILES string of the molecule is COc1ccc(NC(=O)c2ccc(C(=O)Nc3ccc(-n4cncn4)cc3)s2)cc1Cl. The van der Waals surface area contributed by atoms with Crippen molar-refractivity contribution in [3.05, 3.63) is 82.0 Å². The minimum Gasteiger partial charge on any atom is -0.495 e. The summed E-state index contributed by atoms with van der Waals surface area (Å²) < 4.78 is 6.72. The van der Waals surface area contributed by atoms with Crippen LogP contribution in [0, 0.1) is 0 Å². The molecule has 10 heteroatoms. The van der Waals surface area contributed by atoms with Crippen LogP contribution in [0.5, 0.6) is 5.75 Å². The third-order valence-electron chi connectivity index (χ3n) is 4.27. The number of amides is 2. The van der Waals surface area contributed by atoms with E-state index in [2.05, 4.69) is 20.7 Å². The lowest BCUT2D eigenvalue weighted by atomic mass is 10.2. The molecule has 0 bridgehead atoms. The molecule has 4 aromatic rings. The van der Waals surface area contributed by atoms with E-state index in [9.17, 15) is 9.59 Å². The van der Waals surface area contributed by atoms with Crippen molar-refractivity contribution in [2.45, 2.75) is 0 Å². The first-order chi connectivity index (χ1) is 15.0. The fraction of sp³-hybridized carbons (Fsp3) is 0.0476. The van der Waals surface area contributed by atoms with Crippen molar-refractivity contribution < 1.29 is 14.3 Å². The molecule has 0 atom stereocenters. The molecule has 2 amide bonds. The van der Waals surface area contributed by atoms with Gasteiger partial charge in [-0.1, -0.05) is 11.6 Å². The number of aromatic nitrogens is 3. The molecule has 2 aromatic heterocycles. The molecule has 2 aromatic carbocycles. The third-order valence-corrected chi connectivity index (χ3v) is 5.65. The van der Waals surface area contributed by atoms with Gasteiger partial charge < -0.3 is 15.4 Å². The molecule has 0 spiro atoms. The Balaban J connectivity index is 1.40. The Morgan fingerprint density at radius 3 is 2.19 bits per heavy atom. The van der Waals surface area contributed by atoms with E-state index in [1.165, 1.54) is 13.4 Å². The number of benzene rings is 2. The molecule has 4 rings (SSSR count). The summed E-state index contributed by atoms with van der Waals surface area (Å²) in [4.78, 5) is 29.8. The van der Waals surface area contributed by atoms with Gasteiger partial charge in [0.05, 0.1) is 27.6 Å². The lowest BCUT2D eigenvalue weighted by molar-refractivity contribution is 0.102. The van der Waals surface area contributed by atoms with Gasteiger partial charge in [-0.15, -0.1) is 11.3 Å². The van der Waals surface area contributed by atoms with Gasteiger partial charge >= 0.3 is 0 Å². The zero-order valence-electron chi connectivity index (χ0n) is 16.2. The van der Waals surface area contributed by atoms with E-state index < -0.39 is 0 Å². The van der Waals surface area contributed by atoms with Crippen molar-refractivity contribution in [3.63, 3.8) is 0 Å². The van der Waals surface area contributed by atoms with Gasteiger partial charge in [0.2, 0.25) is 0 Å². The first-order valence-electron chi connectivity index (χ1n) is 9.04. The predicted molar refractivity (Wildman–Crippen MR) is 120 cm³/mol. The Morgan fingerprint density at radius 1 is 0.968 bits per heavy atom. The molecule has 0 saturated heterocycles. The summed E-state index contributed by atoms with van der Waals surface area (Å²) in [5.74, 6) is -0.114. The summed E-state index contributed by atoms with van der Waals surface area (Å²) in [5, 5.41) is 10.0. The number of rotatable bonds is 6. The highest BCUT2D eigenvalue weighted by molar-refractivity contribution is 7.16. The van der Waals surface area contributed by atoms with Crippen molar-refractivity contribution in [2.24, 2.45) is 0 Å². The summed E-state index contributed by atoms with van der Waals surface area (Å²) in [7, 11) is 1.52. The average Bonchev–Trinajstić information content (AvgIpc) is 3.47. The molecule has 0 saturated carbocycles. The Labute approximate surface area is 186 Å². The molecule has 0 aliphatic rings. The molecule has 2 N–H and O–H groups in total. The largest absolute Gasteiger partial charge is 0.495 e. The maximum atomic E-state index is 12.5. The van der Waals surface area contributed by atoms with Crippen LogP contribution in [0.2, 0.25) is 5.02 Å². The Bertz CT molecular complexity index is 1220. The number of thiophene rings is 1. The van der Waals surface area contributed by atoms with Gasteiger partial charge in [-0.3, -0.25) is 9.59 Å². The number of ether oxygens (including phenoxy) is 1. The molecule has 0 unspecified atom stereocenters. The molecular weight excluding hydrogens is 438 g/mol. The zero-order valence-corrected chi connectivity index (χ0v) is 17.8. The maximum Gasteiger partial charge on any atom is 0.265 e. The van der Waals surface area contributed by atoms with Crippen molar-refractivity contribution in [2.75, 3.05) is 17.7 Å². The standard InChI is InChI=1S/C21H16ClN5O3S/c1-30-17-7-4-14(10-16(17)22)26-21(29)19-9-8-18(31-19)20(28)25-13-2-5-15(6-3-13)27-12-23-11-24-27/h2-12H,1H3,(H,25,28)(H,26,29). The van der Waals surface area contributed by atoms with Crippen LogP contribution in [-0.4, -0.2) is 33.7 Å². The van der Waals surface area contributed by atoms with Crippen molar-refractivity contribution >= 4 is 46.1 Å². The Kier molecular flexibility index (Phi) is 5.96. The van der Waals surface area contributed by atoms with E-state index in [4.69, 9.17) is 16.3 Å². The highest BCUT2D eigenvalue weighted by Crippen LogP contribution is 2.28. The van der Waals surface area contributed by atoms with Crippen LogP contribution in [0.4, 0.5) is 11.4 Å². The van der Waals surface area contributed by atoms with Gasteiger partial charge in [-0.2, -0.15) is 5.10 Å². The fourth-order valence-electron chi connectivity index (χ4n) is 2.75. The normalized spacial score (nSPS) is 10.5. The van der Waals surface area contributed by atoms with E-state index in [1.54, 1.807) is 53.5 Å². The number of nitrogens with one attached hydrogen (secondary N) is 2. The number of carbonyl (C=O) groups is 2. The number of nitrogens with zero attached hydrogens (tertiary/aromatic N) is 3. The summed E-state index contributed by atoms with van der Waals surface area (Å²) >= 11 is 7.18. The van der Waals surface area contributed by atoms with Gasteiger partial charge in [0.15, 0.2) is 0 Å². The second kappa shape index (κ2) is 8.99. The minimum absolute atomic E-state index is 0.301. The molecule has 8 nitrogen and oxygen atoms in total. The minimum atomic E-state index is -0.331. The van der Waals surface area contributed by atoms with Gasteiger partial charge in [0.1, 0.15) is 18.4 Å². The highest BCUT2D eigenvalue weighted by atomic mass is 35.5. The second-order valence-corrected chi connectivity index (χ2v) is 7.80. The predicted octanol–water partition coefficient (Wildman–Crippen LogP) is 4.50. The molecule has 0 aliphatic carbocycles. The number of halogens is 1. The maximum absolute atomic E-state index is 12.5. The average molecular weight is 454 g/mol. The van der Waals surface area contributed by atoms with Crippen LogP contribution in [-0.2, 0) is 0 Å². The number of anilines is 2. The molecule has 2 heterocycles. The van der Waals surface area contributed by atoms with E-state index >= 15 is 0 Å². The lowest BCUT2D eigenvalue weighted by Crippen LogP contribution is -2.11. The van der Waals surface area contributed by atoms with Gasteiger partial charge in [0.25, 0.3) is 11.8 Å². The van der Waals surface area contributed by atoms with Crippen molar-refractivity contribution in [1.82, 2.24) is 14.8 Å². The van der Waals surface area contributed by atoms with Crippen molar-refractivity contribution in [3.8, 4) is 11.4 Å². The Hall–Kier alpha value is -3.69. The number of hydrogen-bond donors (Lipinski definition) is 2. The van der Waals surface area contributed by atoms with Crippen LogP contribution < -0.4 is 15.4 Å². The molecule has 0 radical (unpaired) electrons. The van der Waals surface area contributed by atoms with Gasteiger partial charge in [-0.25, -0.2) is 9.67 Å². The highest BCUT2D eigenvalue weighted by Gasteiger charge is 2.15. The fourth-order valence-corrected chi connectivity index (χ4v) is 3.80. The lowest BCUT2D eigenvalue weighted by Gasteiger charge is -2.07. The quantitative estimate of drug-likeness (QED) is 0.448. The van der Waals surface area contributed by atoms with E-state index in [-0.39, 0.29) is 11.8 Å². The number of methoxy groups -OCH3 is 1. The van der Waals surface area contributed by atoms with Crippen LogP contribution in [0.1, 0.15) is 19.3 Å². The molecule has 0 aliphatic heterocycles. The topological polar surface area (TPSA) is 98.1 Å². The van der Waals surface area contributed by atoms with Crippen LogP contribution in [0.25, 0.3) is 5.69 Å². The van der Waals surface area contributed by atoms with Crippen LogP contribution in [0.3, 0.4) is 0 Å². The molecule has 156 valence electrons. The van der Waals surface area contributed by atoms with Gasteiger partial charge in [-0.05, 0) is 54.6 Å². The van der Waals surface area contributed by atoms with E-state index in [0.717, 1.165) is 17.0 Å². The van der Waals surface area contributed by atoms with Crippen LogP contribution >= 0.6 is 22.9 Å². The van der Waals surface area contributed by atoms with Crippen LogP contribution in [0.15, 0.2) is 67.3 Å². The molecular formula is C21H16ClN5O3S. The summed E-state index contributed by atoms with van der Waals surface area (Å²) in [6, 6.07) is 15.3. The smallest absolute Gasteiger partial charge is 0.265 e. The van der Waals surface area contributed by atoms with E-state index in [1.807, 2.05) is 12.1 Å². The van der Waals surface area contributed by atoms with Gasteiger partial charge in [0, 0.05) is 11.4 Å². The zero-order chi connectivity index (χ0) is 21.8. The number of carbonyl (C=O) groups excluding carboxylic acids is 2. The Morgan fingerprint density at radius 2 is 1.61 bits per heavy atom. The summed E-state index contributed by atoms with van der Waals surface area (Å²) in [6.45, 7) is 0.